The lowest BCUT2D eigenvalue weighted by Gasteiger charge is -2.04. The van der Waals surface area contributed by atoms with Gasteiger partial charge in [0.2, 0.25) is 0 Å². The quantitative estimate of drug-likeness (QED) is 0.697. The van der Waals surface area contributed by atoms with Crippen LogP contribution in [0.1, 0.15) is 16.4 Å². The molecule has 0 saturated carbocycles. The van der Waals surface area contributed by atoms with Crippen molar-refractivity contribution in [2.75, 3.05) is 0 Å². The Morgan fingerprint density at radius 3 is 2.67 bits per heavy atom. The van der Waals surface area contributed by atoms with Crippen molar-refractivity contribution in [3.05, 3.63) is 28.0 Å². The number of carbonyl (C=O) groups is 2. The Labute approximate surface area is 124 Å². The number of hydrogen-bond acceptors (Lipinski definition) is 6. The maximum atomic E-state index is 11.6. The maximum Gasteiger partial charge on any atom is 0.325 e. The van der Waals surface area contributed by atoms with E-state index in [1.807, 2.05) is 12.3 Å². The van der Waals surface area contributed by atoms with E-state index in [9.17, 15) is 9.59 Å². The second kappa shape index (κ2) is 6.79. The Kier molecular flexibility index (Phi) is 4.82. The number of aryl methyl sites for hydroxylation is 1. The highest BCUT2D eigenvalue weighted by atomic mass is 32.1. The number of nitrogens with one attached hydrogen (secondary N) is 2. The fourth-order valence-corrected chi connectivity index (χ4v) is 2.14. The first kappa shape index (κ1) is 14.9. The number of urea groups is 1. The molecule has 2 rings (SSSR count). The molecule has 0 aliphatic heterocycles. The molecule has 2 aromatic rings. The van der Waals surface area contributed by atoms with Crippen molar-refractivity contribution in [1.29, 1.82) is 0 Å². The van der Waals surface area contributed by atoms with E-state index in [1.54, 1.807) is 0 Å². The zero-order valence-corrected chi connectivity index (χ0v) is 12.1. The van der Waals surface area contributed by atoms with Crippen molar-refractivity contribution in [2.45, 2.75) is 26.6 Å². The molecule has 0 fully saturated rings. The van der Waals surface area contributed by atoms with Crippen LogP contribution in [0.25, 0.3) is 0 Å². The Bertz CT molecular complexity index is 637. The number of rotatable bonds is 6. The summed E-state index contributed by atoms with van der Waals surface area (Å²) in [7, 11) is 0. The van der Waals surface area contributed by atoms with Gasteiger partial charge in [-0.15, -0.1) is 16.4 Å². The molecule has 2 heterocycles. The lowest BCUT2D eigenvalue weighted by Crippen LogP contribution is -2.34. The first-order valence-corrected chi connectivity index (χ1v) is 6.94. The number of carbonyl (C=O) groups excluding carboxylic acids is 1. The van der Waals surface area contributed by atoms with Crippen LogP contribution in [-0.4, -0.2) is 37.1 Å². The van der Waals surface area contributed by atoms with Crippen LogP contribution < -0.4 is 10.6 Å². The average molecular weight is 310 g/mol. The van der Waals surface area contributed by atoms with Crippen LogP contribution in [0.3, 0.4) is 0 Å². The second-order valence-electron chi connectivity index (χ2n) is 4.20. The van der Waals surface area contributed by atoms with Gasteiger partial charge in [-0.25, -0.2) is 14.5 Å². The van der Waals surface area contributed by atoms with Gasteiger partial charge in [0.15, 0.2) is 0 Å². The molecule has 2 amide bonds. The molecule has 9 nitrogen and oxygen atoms in total. The zero-order valence-electron chi connectivity index (χ0n) is 11.2. The summed E-state index contributed by atoms with van der Waals surface area (Å²) in [4.78, 5) is 26.3. The molecular weight excluding hydrogens is 296 g/mol. The Hall–Kier alpha value is -2.49. The van der Waals surface area contributed by atoms with E-state index in [4.69, 9.17) is 5.11 Å². The molecule has 0 saturated heterocycles. The summed E-state index contributed by atoms with van der Waals surface area (Å²) in [5, 5.41) is 24.1. The summed E-state index contributed by atoms with van der Waals surface area (Å²) in [6, 6.07) is -0.353. The molecule has 2 aromatic heterocycles. The van der Waals surface area contributed by atoms with Crippen molar-refractivity contribution in [3.8, 4) is 0 Å². The summed E-state index contributed by atoms with van der Waals surface area (Å²) >= 11 is 1.52. The fourth-order valence-electron chi connectivity index (χ4n) is 1.53. The van der Waals surface area contributed by atoms with Crippen molar-refractivity contribution >= 4 is 23.3 Å². The SMILES string of the molecule is Cc1nc(CNC(=O)NCc2cn(CC(=O)O)nn2)cs1. The molecule has 0 spiro atoms. The minimum Gasteiger partial charge on any atom is -0.480 e. The van der Waals surface area contributed by atoms with Gasteiger partial charge in [0, 0.05) is 5.38 Å². The Morgan fingerprint density at radius 1 is 1.33 bits per heavy atom. The molecule has 0 atom stereocenters. The molecule has 0 aliphatic carbocycles. The molecule has 0 unspecified atom stereocenters. The van der Waals surface area contributed by atoms with E-state index in [-0.39, 0.29) is 19.1 Å². The van der Waals surface area contributed by atoms with Gasteiger partial charge in [-0.2, -0.15) is 0 Å². The minimum absolute atomic E-state index is 0.168. The lowest BCUT2D eigenvalue weighted by atomic mass is 10.4. The number of aromatic nitrogens is 4. The van der Waals surface area contributed by atoms with E-state index in [2.05, 4.69) is 25.9 Å². The van der Waals surface area contributed by atoms with Gasteiger partial charge >= 0.3 is 12.0 Å². The van der Waals surface area contributed by atoms with Crippen LogP contribution >= 0.6 is 11.3 Å². The van der Waals surface area contributed by atoms with Crippen LogP contribution in [0.15, 0.2) is 11.6 Å². The third-order valence-corrected chi connectivity index (χ3v) is 3.23. The van der Waals surface area contributed by atoms with Crippen molar-refractivity contribution in [2.24, 2.45) is 0 Å². The monoisotopic (exact) mass is 310 g/mol. The van der Waals surface area contributed by atoms with E-state index >= 15 is 0 Å². The van der Waals surface area contributed by atoms with Crippen LogP contribution in [0.5, 0.6) is 0 Å². The van der Waals surface area contributed by atoms with Gasteiger partial charge in [-0.05, 0) is 6.92 Å². The highest BCUT2D eigenvalue weighted by Crippen LogP contribution is 2.07. The molecule has 0 aromatic carbocycles. The zero-order chi connectivity index (χ0) is 15.2. The van der Waals surface area contributed by atoms with Crippen molar-refractivity contribution in [3.63, 3.8) is 0 Å². The van der Waals surface area contributed by atoms with E-state index in [0.29, 0.717) is 12.2 Å². The van der Waals surface area contributed by atoms with Crippen molar-refractivity contribution < 1.29 is 14.7 Å². The fraction of sp³-hybridized carbons (Fsp3) is 0.364. The third-order valence-electron chi connectivity index (χ3n) is 2.41. The largest absolute Gasteiger partial charge is 0.480 e. The van der Waals surface area contributed by atoms with Gasteiger partial charge in [-0.1, -0.05) is 5.21 Å². The number of carboxylic acid groups (broad SMARTS) is 1. The molecule has 10 heteroatoms. The van der Waals surface area contributed by atoms with E-state index < -0.39 is 5.97 Å². The molecule has 0 aliphatic rings. The predicted octanol–water partition coefficient (Wildman–Crippen LogP) is 0.127. The topological polar surface area (TPSA) is 122 Å². The standard InChI is InChI=1S/C11H14N6O3S/c1-7-14-9(6-21-7)3-13-11(20)12-2-8-4-17(16-15-8)5-10(18)19/h4,6H,2-3,5H2,1H3,(H,18,19)(H2,12,13,20). The van der Waals surface area contributed by atoms with Gasteiger partial charge in [-0.3, -0.25) is 4.79 Å². The minimum atomic E-state index is -1.00. The number of aliphatic carboxylic acids is 1. The number of amides is 2. The predicted molar refractivity (Wildman–Crippen MR) is 73.6 cm³/mol. The number of carboxylic acids is 1. The van der Waals surface area contributed by atoms with E-state index in [0.717, 1.165) is 10.7 Å². The van der Waals surface area contributed by atoms with Crippen LogP contribution in [0.2, 0.25) is 0 Å². The van der Waals surface area contributed by atoms with Gasteiger partial charge in [0.1, 0.15) is 12.2 Å². The summed E-state index contributed by atoms with van der Waals surface area (Å²) in [6.07, 6.45) is 1.47. The molecule has 0 bridgehead atoms. The van der Waals surface area contributed by atoms with Crippen LogP contribution in [0, 0.1) is 6.92 Å². The molecular formula is C11H14N6O3S. The van der Waals surface area contributed by atoms with Crippen LogP contribution in [0.4, 0.5) is 4.79 Å². The van der Waals surface area contributed by atoms with Crippen LogP contribution in [-0.2, 0) is 24.4 Å². The number of hydrogen-bond donors (Lipinski definition) is 3. The summed E-state index contributed by atoms with van der Waals surface area (Å²) < 4.78 is 1.19. The second-order valence-corrected chi connectivity index (χ2v) is 5.26. The van der Waals surface area contributed by atoms with Gasteiger partial charge in [0.25, 0.3) is 0 Å². The van der Waals surface area contributed by atoms with E-state index in [1.165, 1.54) is 22.2 Å². The molecule has 21 heavy (non-hydrogen) atoms. The smallest absolute Gasteiger partial charge is 0.325 e. The number of nitrogens with zero attached hydrogens (tertiary/aromatic N) is 4. The summed E-state index contributed by atoms with van der Waals surface area (Å²) in [5.41, 5.74) is 1.29. The Balaban J connectivity index is 1.73. The van der Waals surface area contributed by atoms with Crippen molar-refractivity contribution in [1.82, 2.24) is 30.6 Å². The summed E-state index contributed by atoms with van der Waals surface area (Å²) in [5.74, 6) is -1.00. The molecule has 0 radical (unpaired) electrons. The number of thiazole rings is 1. The lowest BCUT2D eigenvalue weighted by molar-refractivity contribution is -0.137. The highest BCUT2D eigenvalue weighted by molar-refractivity contribution is 7.09. The average Bonchev–Trinajstić information content (AvgIpc) is 3.02. The third kappa shape index (κ3) is 4.84. The normalized spacial score (nSPS) is 10.3. The van der Waals surface area contributed by atoms with Gasteiger partial charge < -0.3 is 15.7 Å². The Morgan fingerprint density at radius 2 is 2.05 bits per heavy atom. The van der Waals surface area contributed by atoms with Gasteiger partial charge in [0.05, 0.1) is 30.0 Å². The molecule has 112 valence electrons. The first-order valence-electron chi connectivity index (χ1n) is 6.06. The highest BCUT2D eigenvalue weighted by Gasteiger charge is 2.06. The summed E-state index contributed by atoms with van der Waals surface area (Å²) in [6.45, 7) is 2.15. The first-order chi connectivity index (χ1) is 10.0. The maximum absolute atomic E-state index is 11.6. The molecule has 3 N–H and O–H groups in total.